The third-order valence-electron chi connectivity index (χ3n) is 2.97. The van der Waals surface area contributed by atoms with Crippen LogP contribution >= 0.6 is 0 Å². The summed E-state index contributed by atoms with van der Waals surface area (Å²) in [5.41, 5.74) is 8.17. The average Bonchev–Trinajstić information content (AvgIpc) is 2.48. The number of anilines is 1. The van der Waals surface area contributed by atoms with Gasteiger partial charge in [0.25, 0.3) is 0 Å². The molecule has 0 bridgehead atoms. The third-order valence-corrected chi connectivity index (χ3v) is 2.97. The van der Waals surface area contributed by atoms with E-state index in [1.54, 1.807) is 7.11 Å². The molecule has 0 saturated heterocycles. The summed E-state index contributed by atoms with van der Waals surface area (Å²) in [5.74, 6) is 0.729. The topological polar surface area (TPSA) is 64.3 Å². The zero-order valence-corrected chi connectivity index (χ0v) is 11.4. The first-order valence-corrected chi connectivity index (χ1v) is 6.48. The number of hydrogen-bond donors (Lipinski definition) is 2. The smallest absolute Gasteiger partial charge is 0.225 e. The van der Waals surface area contributed by atoms with Crippen LogP contribution in [0.5, 0.6) is 5.75 Å². The van der Waals surface area contributed by atoms with Gasteiger partial charge >= 0.3 is 0 Å². The second-order valence-corrected chi connectivity index (χ2v) is 4.36. The van der Waals surface area contributed by atoms with E-state index in [9.17, 15) is 4.79 Å². The van der Waals surface area contributed by atoms with Gasteiger partial charge in [0.2, 0.25) is 5.91 Å². The fraction of sp³-hybridized carbons (Fsp3) is 0.188. The number of hydrogen-bond acceptors (Lipinski definition) is 3. The molecule has 0 heterocycles. The van der Waals surface area contributed by atoms with Crippen LogP contribution in [0.1, 0.15) is 6.42 Å². The Morgan fingerprint density at radius 3 is 2.50 bits per heavy atom. The number of nitrogens with one attached hydrogen (secondary N) is 1. The molecule has 2 rings (SSSR count). The lowest BCUT2D eigenvalue weighted by Crippen LogP contribution is -2.16. The van der Waals surface area contributed by atoms with E-state index in [0.29, 0.717) is 13.0 Å². The second kappa shape index (κ2) is 6.73. The maximum Gasteiger partial charge on any atom is 0.225 e. The highest BCUT2D eigenvalue weighted by Gasteiger charge is 2.07. The van der Waals surface area contributed by atoms with Gasteiger partial charge in [0.05, 0.1) is 7.11 Å². The van der Waals surface area contributed by atoms with Gasteiger partial charge < -0.3 is 15.8 Å². The van der Waals surface area contributed by atoms with Crippen LogP contribution in [-0.2, 0) is 4.79 Å². The number of rotatable bonds is 5. The van der Waals surface area contributed by atoms with Gasteiger partial charge in [0, 0.05) is 24.2 Å². The van der Waals surface area contributed by atoms with Gasteiger partial charge in [-0.2, -0.15) is 0 Å². The van der Waals surface area contributed by atoms with Crippen LogP contribution in [0, 0.1) is 0 Å². The molecule has 4 heteroatoms. The molecular formula is C16H18N2O2. The quantitative estimate of drug-likeness (QED) is 0.878. The van der Waals surface area contributed by atoms with E-state index >= 15 is 0 Å². The number of ether oxygens (including phenoxy) is 1. The highest BCUT2D eigenvalue weighted by Crippen LogP contribution is 2.29. The van der Waals surface area contributed by atoms with Crippen molar-refractivity contribution in [3.63, 3.8) is 0 Å². The van der Waals surface area contributed by atoms with Crippen molar-refractivity contribution in [3.05, 3.63) is 48.5 Å². The number of nitrogens with two attached hydrogens (primary N) is 1. The van der Waals surface area contributed by atoms with Gasteiger partial charge in [-0.15, -0.1) is 0 Å². The Kier molecular flexibility index (Phi) is 4.74. The molecule has 1 amide bonds. The molecule has 0 saturated carbocycles. The second-order valence-electron chi connectivity index (χ2n) is 4.36. The molecule has 0 spiro atoms. The van der Waals surface area contributed by atoms with Crippen molar-refractivity contribution in [1.29, 1.82) is 0 Å². The van der Waals surface area contributed by atoms with Gasteiger partial charge in [-0.3, -0.25) is 4.79 Å². The molecule has 0 aliphatic rings. The summed E-state index contributed by atoms with van der Waals surface area (Å²) < 4.78 is 5.15. The van der Waals surface area contributed by atoms with E-state index in [-0.39, 0.29) is 5.91 Å². The molecule has 0 aromatic heterocycles. The predicted octanol–water partition coefficient (Wildman–Crippen LogP) is 2.65. The van der Waals surface area contributed by atoms with E-state index in [1.807, 2.05) is 48.5 Å². The first-order valence-electron chi connectivity index (χ1n) is 6.48. The molecule has 0 aliphatic heterocycles. The van der Waals surface area contributed by atoms with Crippen molar-refractivity contribution < 1.29 is 9.53 Å². The minimum absolute atomic E-state index is 0.0755. The van der Waals surface area contributed by atoms with E-state index in [0.717, 1.165) is 22.6 Å². The minimum Gasteiger partial charge on any atom is -0.497 e. The van der Waals surface area contributed by atoms with Crippen molar-refractivity contribution in [2.75, 3.05) is 19.0 Å². The fourth-order valence-electron chi connectivity index (χ4n) is 1.96. The molecule has 0 unspecified atom stereocenters. The Labute approximate surface area is 118 Å². The van der Waals surface area contributed by atoms with Crippen LogP contribution in [0.3, 0.4) is 0 Å². The van der Waals surface area contributed by atoms with Gasteiger partial charge in [0.15, 0.2) is 0 Å². The Bertz CT molecular complexity index is 579. The Morgan fingerprint density at radius 1 is 1.15 bits per heavy atom. The Balaban J connectivity index is 2.28. The first kappa shape index (κ1) is 14.1. The van der Waals surface area contributed by atoms with E-state index < -0.39 is 0 Å². The summed E-state index contributed by atoms with van der Waals surface area (Å²) in [7, 11) is 1.63. The van der Waals surface area contributed by atoms with Crippen LogP contribution in [0.2, 0.25) is 0 Å². The van der Waals surface area contributed by atoms with Crippen LogP contribution < -0.4 is 15.8 Å². The summed E-state index contributed by atoms with van der Waals surface area (Å²) in [4.78, 5) is 11.7. The SMILES string of the molecule is COc1ccc(-c2ccccc2NC(=O)CCN)cc1. The normalized spacial score (nSPS) is 10.1. The molecule has 0 atom stereocenters. The monoisotopic (exact) mass is 270 g/mol. The number of amides is 1. The summed E-state index contributed by atoms with van der Waals surface area (Å²) >= 11 is 0. The molecule has 20 heavy (non-hydrogen) atoms. The van der Waals surface area contributed by atoms with Crippen LogP contribution in [0.15, 0.2) is 48.5 Å². The summed E-state index contributed by atoms with van der Waals surface area (Å²) in [6.07, 6.45) is 0.316. The number of para-hydroxylation sites is 1. The molecule has 4 nitrogen and oxygen atoms in total. The lowest BCUT2D eigenvalue weighted by atomic mass is 10.0. The zero-order chi connectivity index (χ0) is 14.4. The predicted molar refractivity (Wildman–Crippen MR) is 80.7 cm³/mol. The lowest BCUT2D eigenvalue weighted by Gasteiger charge is -2.11. The highest BCUT2D eigenvalue weighted by atomic mass is 16.5. The third kappa shape index (κ3) is 3.36. The van der Waals surface area contributed by atoms with Gasteiger partial charge in [-0.25, -0.2) is 0 Å². The number of methoxy groups -OCH3 is 1. The summed E-state index contributed by atoms with van der Waals surface area (Å²) in [6, 6.07) is 15.4. The van der Waals surface area contributed by atoms with Crippen molar-refractivity contribution in [1.82, 2.24) is 0 Å². The van der Waals surface area contributed by atoms with Crippen molar-refractivity contribution in [3.8, 4) is 16.9 Å². The molecule has 3 N–H and O–H groups in total. The maximum atomic E-state index is 11.7. The first-order chi connectivity index (χ1) is 9.74. The number of benzene rings is 2. The summed E-state index contributed by atoms with van der Waals surface area (Å²) in [6.45, 7) is 0.344. The number of carbonyl (C=O) groups is 1. The largest absolute Gasteiger partial charge is 0.497 e. The van der Waals surface area contributed by atoms with Crippen molar-refractivity contribution in [2.24, 2.45) is 5.73 Å². The van der Waals surface area contributed by atoms with Crippen LogP contribution in [0.4, 0.5) is 5.69 Å². The molecule has 2 aromatic rings. The van der Waals surface area contributed by atoms with E-state index in [2.05, 4.69) is 5.32 Å². The van der Waals surface area contributed by atoms with E-state index in [1.165, 1.54) is 0 Å². The number of carbonyl (C=O) groups excluding carboxylic acids is 1. The van der Waals surface area contributed by atoms with Gasteiger partial charge in [-0.1, -0.05) is 30.3 Å². The molecular weight excluding hydrogens is 252 g/mol. The minimum atomic E-state index is -0.0755. The fourth-order valence-corrected chi connectivity index (χ4v) is 1.96. The molecule has 0 radical (unpaired) electrons. The maximum absolute atomic E-state index is 11.7. The molecule has 104 valence electrons. The lowest BCUT2D eigenvalue weighted by molar-refractivity contribution is -0.116. The molecule has 0 aliphatic carbocycles. The molecule has 0 fully saturated rings. The molecule has 2 aromatic carbocycles. The Hall–Kier alpha value is -2.33. The van der Waals surface area contributed by atoms with E-state index in [4.69, 9.17) is 10.5 Å². The van der Waals surface area contributed by atoms with Crippen LogP contribution in [0.25, 0.3) is 11.1 Å². The zero-order valence-electron chi connectivity index (χ0n) is 11.4. The van der Waals surface area contributed by atoms with Crippen molar-refractivity contribution >= 4 is 11.6 Å². The highest BCUT2D eigenvalue weighted by molar-refractivity contribution is 5.95. The van der Waals surface area contributed by atoms with Crippen molar-refractivity contribution in [2.45, 2.75) is 6.42 Å². The summed E-state index contributed by atoms with van der Waals surface area (Å²) in [5, 5.41) is 2.89. The average molecular weight is 270 g/mol. The van der Waals surface area contributed by atoms with Gasteiger partial charge in [0.1, 0.15) is 5.75 Å². The standard InChI is InChI=1S/C16H18N2O2/c1-20-13-8-6-12(7-9-13)14-4-2-3-5-15(14)18-16(19)10-11-17/h2-9H,10-11,17H2,1H3,(H,18,19). The Morgan fingerprint density at radius 2 is 1.85 bits per heavy atom. The van der Waals surface area contributed by atoms with Gasteiger partial charge in [-0.05, 0) is 23.8 Å². The van der Waals surface area contributed by atoms with Crippen LogP contribution in [-0.4, -0.2) is 19.6 Å².